The monoisotopic (exact) mass is 341 g/mol. The number of hydrogen-bond donors (Lipinski definition) is 2. The van der Waals surface area contributed by atoms with Crippen molar-refractivity contribution in [2.24, 2.45) is 0 Å². The highest BCUT2D eigenvalue weighted by molar-refractivity contribution is 5.92. The number of carbonyl (C=O) groups is 1. The van der Waals surface area contributed by atoms with Crippen molar-refractivity contribution in [1.29, 1.82) is 0 Å². The Morgan fingerprint density at radius 3 is 2.76 bits per heavy atom. The number of carbonyl (C=O) groups excluding carboxylic acids is 1. The third kappa shape index (κ3) is 4.28. The Balaban J connectivity index is 1.84. The molecule has 25 heavy (non-hydrogen) atoms. The second-order valence-corrected chi connectivity index (χ2v) is 6.87. The fourth-order valence-electron chi connectivity index (χ4n) is 3.59. The highest BCUT2D eigenvalue weighted by atomic mass is 16.3. The van der Waals surface area contributed by atoms with Crippen molar-refractivity contribution in [1.82, 2.24) is 15.1 Å². The zero-order chi connectivity index (χ0) is 17.6. The van der Waals surface area contributed by atoms with Crippen LogP contribution in [-0.4, -0.2) is 38.3 Å². The number of aliphatic hydroxyl groups excluding tert-OH is 1. The molecule has 1 aliphatic carbocycles. The van der Waals surface area contributed by atoms with Crippen molar-refractivity contribution in [2.75, 3.05) is 0 Å². The van der Waals surface area contributed by atoms with Crippen LogP contribution in [0.5, 0.6) is 0 Å². The molecule has 0 aliphatic heterocycles. The van der Waals surface area contributed by atoms with Gasteiger partial charge in [0.2, 0.25) is 0 Å². The zero-order valence-corrected chi connectivity index (χ0v) is 14.8. The maximum absolute atomic E-state index is 13.1. The molecule has 1 fully saturated rings. The van der Waals surface area contributed by atoms with E-state index in [2.05, 4.69) is 17.1 Å². The summed E-state index contributed by atoms with van der Waals surface area (Å²) in [5.74, 6) is -0.103. The largest absolute Gasteiger partial charge is 0.391 e. The van der Waals surface area contributed by atoms with E-state index in [1.165, 1.54) is 0 Å². The Morgan fingerprint density at radius 2 is 2.04 bits per heavy atom. The summed E-state index contributed by atoms with van der Waals surface area (Å²) in [6.45, 7) is 2.60. The van der Waals surface area contributed by atoms with Gasteiger partial charge in [-0.05, 0) is 30.9 Å². The van der Waals surface area contributed by atoms with E-state index >= 15 is 0 Å². The Bertz CT molecular complexity index is 683. The maximum atomic E-state index is 13.1. The predicted octanol–water partition coefficient (Wildman–Crippen LogP) is 3.31. The van der Waals surface area contributed by atoms with E-state index in [-0.39, 0.29) is 11.9 Å². The molecule has 5 nitrogen and oxygen atoms in total. The van der Waals surface area contributed by atoms with Crippen LogP contribution in [0.15, 0.2) is 36.4 Å². The van der Waals surface area contributed by atoms with Crippen LogP contribution in [0.1, 0.15) is 60.8 Å². The third-order valence-corrected chi connectivity index (χ3v) is 4.92. The van der Waals surface area contributed by atoms with Crippen molar-refractivity contribution < 1.29 is 9.90 Å². The van der Waals surface area contributed by atoms with Gasteiger partial charge >= 0.3 is 0 Å². The Hall–Kier alpha value is -2.14. The van der Waals surface area contributed by atoms with E-state index in [4.69, 9.17) is 0 Å². The molecule has 0 unspecified atom stereocenters. The van der Waals surface area contributed by atoms with Gasteiger partial charge in [0, 0.05) is 12.2 Å². The molecule has 0 radical (unpaired) electrons. The van der Waals surface area contributed by atoms with Crippen molar-refractivity contribution in [3.8, 4) is 0 Å². The van der Waals surface area contributed by atoms with E-state index in [0.29, 0.717) is 12.2 Å². The number of aromatic amines is 1. The van der Waals surface area contributed by atoms with Gasteiger partial charge in [-0.1, -0.05) is 56.5 Å². The lowest BCUT2D eigenvalue weighted by Crippen LogP contribution is -2.48. The first kappa shape index (κ1) is 17.7. The molecule has 1 heterocycles. The summed E-state index contributed by atoms with van der Waals surface area (Å²) in [6, 6.07) is 11.7. The Labute approximate surface area is 149 Å². The molecule has 2 atom stereocenters. The number of benzene rings is 1. The number of nitrogens with zero attached hydrogens (tertiary/aromatic N) is 2. The van der Waals surface area contributed by atoms with Crippen LogP contribution in [0, 0.1) is 0 Å². The first-order chi connectivity index (χ1) is 12.2. The van der Waals surface area contributed by atoms with Crippen LogP contribution >= 0.6 is 0 Å². The Morgan fingerprint density at radius 1 is 1.28 bits per heavy atom. The first-order valence-corrected chi connectivity index (χ1v) is 9.26. The molecule has 1 saturated carbocycles. The third-order valence-electron chi connectivity index (χ3n) is 4.92. The van der Waals surface area contributed by atoms with Crippen LogP contribution < -0.4 is 0 Å². The van der Waals surface area contributed by atoms with E-state index in [0.717, 1.165) is 49.8 Å². The van der Waals surface area contributed by atoms with Crippen molar-refractivity contribution >= 4 is 5.91 Å². The molecule has 0 saturated heterocycles. The molecule has 2 N–H and O–H groups in total. The number of rotatable bonds is 6. The average molecular weight is 341 g/mol. The molecular formula is C20H27N3O2. The number of hydrogen-bond acceptors (Lipinski definition) is 3. The summed E-state index contributed by atoms with van der Waals surface area (Å²) >= 11 is 0. The van der Waals surface area contributed by atoms with Crippen molar-refractivity contribution in [3.63, 3.8) is 0 Å². The van der Waals surface area contributed by atoms with Gasteiger partial charge in [0.05, 0.1) is 12.1 Å². The summed E-state index contributed by atoms with van der Waals surface area (Å²) in [5.41, 5.74) is 2.49. The van der Waals surface area contributed by atoms with Gasteiger partial charge in [-0.3, -0.25) is 9.89 Å². The molecule has 3 rings (SSSR count). The molecule has 1 aromatic carbocycles. The topological polar surface area (TPSA) is 69.2 Å². The molecule has 1 amide bonds. The number of H-pyrrole nitrogens is 1. The highest BCUT2D eigenvalue weighted by Gasteiger charge is 2.33. The Kier molecular flexibility index (Phi) is 5.87. The molecule has 1 aromatic heterocycles. The number of nitrogens with one attached hydrogen (secondary N) is 1. The van der Waals surface area contributed by atoms with Crippen LogP contribution in [-0.2, 0) is 13.0 Å². The van der Waals surface area contributed by atoms with Gasteiger partial charge in [0.1, 0.15) is 5.69 Å². The van der Waals surface area contributed by atoms with E-state index in [1.54, 1.807) is 0 Å². The fourth-order valence-corrected chi connectivity index (χ4v) is 3.59. The maximum Gasteiger partial charge on any atom is 0.274 e. The molecule has 1 aliphatic rings. The summed E-state index contributed by atoms with van der Waals surface area (Å²) in [5, 5.41) is 17.7. The molecular weight excluding hydrogens is 314 g/mol. The summed E-state index contributed by atoms with van der Waals surface area (Å²) in [6.07, 6.45) is 5.08. The summed E-state index contributed by atoms with van der Waals surface area (Å²) in [4.78, 5) is 15.0. The standard InChI is InChI=1S/C20H27N3O2/c1-2-8-16-13-17(22-21-16)20(25)23(14-15-9-4-3-5-10-15)18-11-6-7-12-19(18)24/h3-5,9-10,13,18-19,24H,2,6-8,11-12,14H2,1H3,(H,21,22)/t18-,19-/m0/s1. The minimum atomic E-state index is -0.463. The molecule has 134 valence electrons. The average Bonchev–Trinajstić information content (AvgIpc) is 3.10. The smallest absolute Gasteiger partial charge is 0.274 e. The van der Waals surface area contributed by atoms with Gasteiger partial charge in [-0.25, -0.2) is 0 Å². The molecule has 5 heteroatoms. The van der Waals surface area contributed by atoms with Crippen molar-refractivity contribution in [3.05, 3.63) is 53.3 Å². The summed E-state index contributed by atoms with van der Waals surface area (Å²) in [7, 11) is 0. The predicted molar refractivity (Wildman–Crippen MR) is 97.2 cm³/mol. The number of aromatic nitrogens is 2. The molecule has 0 spiro atoms. The number of amides is 1. The highest BCUT2D eigenvalue weighted by Crippen LogP contribution is 2.26. The van der Waals surface area contributed by atoms with Crippen LogP contribution in [0.2, 0.25) is 0 Å². The zero-order valence-electron chi connectivity index (χ0n) is 14.8. The number of aryl methyl sites for hydroxylation is 1. The first-order valence-electron chi connectivity index (χ1n) is 9.26. The lowest BCUT2D eigenvalue weighted by molar-refractivity contribution is 0.0146. The van der Waals surface area contributed by atoms with Crippen molar-refractivity contribution in [2.45, 2.75) is 64.1 Å². The van der Waals surface area contributed by atoms with Gasteiger partial charge in [0.15, 0.2) is 0 Å². The second-order valence-electron chi connectivity index (χ2n) is 6.87. The van der Waals surface area contributed by atoms with Crippen LogP contribution in [0.25, 0.3) is 0 Å². The van der Waals surface area contributed by atoms with E-state index in [9.17, 15) is 9.90 Å². The molecule has 0 bridgehead atoms. The lowest BCUT2D eigenvalue weighted by Gasteiger charge is -2.37. The van der Waals surface area contributed by atoms with Crippen LogP contribution in [0.3, 0.4) is 0 Å². The lowest BCUT2D eigenvalue weighted by atomic mass is 9.90. The van der Waals surface area contributed by atoms with Gasteiger partial charge in [-0.15, -0.1) is 0 Å². The summed E-state index contributed by atoms with van der Waals surface area (Å²) < 4.78 is 0. The number of aliphatic hydroxyl groups is 1. The fraction of sp³-hybridized carbons (Fsp3) is 0.500. The second kappa shape index (κ2) is 8.30. The minimum absolute atomic E-state index is 0.103. The normalized spacial score (nSPS) is 20.4. The van der Waals surface area contributed by atoms with Crippen LogP contribution in [0.4, 0.5) is 0 Å². The van der Waals surface area contributed by atoms with Gasteiger partial charge in [-0.2, -0.15) is 5.10 Å². The van der Waals surface area contributed by atoms with E-state index in [1.807, 2.05) is 41.3 Å². The van der Waals surface area contributed by atoms with E-state index < -0.39 is 6.10 Å². The quantitative estimate of drug-likeness (QED) is 0.847. The molecule has 2 aromatic rings. The van der Waals surface area contributed by atoms with Gasteiger partial charge < -0.3 is 10.0 Å². The minimum Gasteiger partial charge on any atom is -0.391 e. The van der Waals surface area contributed by atoms with Gasteiger partial charge in [0.25, 0.3) is 5.91 Å². The SMILES string of the molecule is CCCc1cc(C(=O)N(Cc2ccccc2)[C@H]2CCCC[C@@H]2O)n[nH]1.